The fraction of sp³-hybridized carbons (Fsp3) is 0.167. The van der Waals surface area contributed by atoms with Gasteiger partial charge in [0.2, 0.25) is 0 Å². The van der Waals surface area contributed by atoms with Crippen LogP contribution in [0.2, 0.25) is 0 Å². The summed E-state index contributed by atoms with van der Waals surface area (Å²) in [6, 6.07) is 0. The summed E-state index contributed by atoms with van der Waals surface area (Å²) in [6.45, 7) is 0.603. The summed E-state index contributed by atoms with van der Waals surface area (Å²) in [5.74, 6) is -1.33. The van der Waals surface area contributed by atoms with Gasteiger partial charge < -0.3 is 10.1 Å². The highest BCUT2D eigenvalue weighted by Gasteiger charge is 2.27. The SMILES string of the molecule is CC(=O)OCC(=O)Nc1c(Br)c(C(=O)Cl)c(Br)c(C(=O)Cl)c1Br. The summed E-state index contributed by atoms with van der Waals surface area (Å²) < 4.78 is 4.86. The quantitative estimate of drug-likeness (QED) is 0.435. The highest BCUT2D eigenvalue weighted by molar-refractivity contribution is 9.11. The van der Waals surface area contributed by atoms with Crippen LogP contribution in [-0.2, 0) is 14.3 Å². The first kappa shape index (κ1) is 20.6. The van der Waals surface area contributed by atoms with Gasteiger partial charge in [0.15, 0.2) is 6.61 Å². The Bertz CT molecular complexity index is 682. The lowest BCUT2D eigenvalue weighted by Crippen LogP contribution is -2.21. The highest BCUT2D eigenvalue weighted by atomic mass is 79.9. The maximum atomic E-state index is 11.8. The van der Waals surface area contributed by atoms with Crippen molar-refractivity contribution in [2.24, 2.45) is 0 Å². The molecule has 1 aromatic rings. The molecule has 0 saturated carbocycles. The van der Waals surface area contributed by atoms with Crippen LogP contribution in [0.15, 0.2) is 13.4 Å². The van der Waals surface area contributed by atoms with Gasteiger partial charge in [-0.1, -0.05) is 0 Å². The Kier molecular flexibility index (Phi) is 7.66. The number of carbonyl (C=O) groups excluding carboxylic acids is 4. The van der Waals surface area contributed by atoms with Crippen LogP contribution in [0.3, 0.4) is 0 Å². The third-order valence-electron chi connectivity index (χ3n) is 2.38. The third-order valence-corrected chi connectivity index (χ3v) is 5.14. The van der Waals surface area contributed by atoms with E-state index in [9.17, 15) is 19.2 Å². The standard InChI is InChI=1S/C12H6Br3Cl2NO5/c1-3(19)23-2-4(20)18-10-8(14)5(11(16)21)7(13)6(9(10)15)12(17)22/h2H2,1H3,(H,18,20). The average Bonchev–Trinajstić information content (AvgIpc) is 2.40. The van der Waals surface area contributed by atoms with Crippen molar-refractivity contribution in [3.05, 3.63) is 24.5 Å². The van der Waals surface area contributed by atoms with E-state index in [1.54, 1.807) is 0 Å². The van der Waals surface area contributed by atoms with Gasteiger partial charge >= 0.3 is 5.97 Å². The van der Waals surface area contributed by atoms with Crippen molar-refractivity contribution in [3.8, 4) is 0 Å². The van der Waals surface area contributed by atoms with Gasteiger partial charge in [0.1, 0.15) is 0 Å². The van der Waals surface area contributed by atoms with E-state index in [2.05, 4.69) is 57.8 Å². The highest BCUT2D eigenvalue weighted by Crippen LogP contribution is 2.43. The van der Waals surface area contributed by atoms with Crippen LogP contribution in [0, 0.1) is 0 Å². The maximum absolute atomic E-state index is 11.8. The summed E-state index contributed by atoms with van der Waals surface area (Å²) in [6.07, 6.45) is 0. The summed E-state index contributed by atoms with van der Waals surface area (Å²) in [7, 11) is 0. The zero-order chi connectivity index (χ0) is 17.9. The number of halogens is 5. The summed E-state index contributed by atoms with van der Waals surface area (Å²) in [5.41, 5.74) is -0.151. The fourth-order valence-electron chi connectivity index (χ4n) is 1.46. The molecule has 0 aliphatic rings. The van der Waals surface area contributed by atoms with E-state index in [1.165, 1.54) is 0 Å². The number of anilines is 1. The van der Waals surface area contributed by atoms with Crippen LogP contribution in [-0.4, -0.2) is 29.0 Å². The van der Waals surface area contributed by atoms with Gasteiger partial charge in [-0.15, -0.1) is 0 Å². The molecule has 1 rings (SSSR count). The molecule has 124 valence electrons. The number of nitrogens with one attached hydrogen (secondary N) is 1. The Labute approximate surface area is 165 Å². The lowest BCUT2D eigenvalue weighted by atomic mass is 10.1. The number of amides is 1. The Hall–Kier alpha value is -0.480. The zero-order valence-corrected chi connectivity index (χ0v) is 17.4. The van der Waals surface area contributed by atoms with E-state index < -0.39 is 29.0 Å². The van der Waals surface area contributed by atoms with Gasteiger partial charge in [-0.3, -0.25) is 19.2 Å². The largest absolute Gasteiger partial charge is 0.456 e. The topological polar surface area (TPSA) is 89.5 Å². The molecule has 0 aliphatic heterocycles. The molecular formula is C12H6Br3Cl2NO5. The molecule has 0 atom stereocenters. The molecule has 0 radical (unpaired) electrons. The number of rotatable bonds is 5. The first-order valence-corrected chi connectivity index (χ1v) is 8.74. The minimum absolute atomic E-state index is 0.0401. The second-order valence-electron chi connectivity index (χ2n) is 3.94. The molecule has 0 bridgehead atoms. The number of hydrogen-bond acceptors (Lipinski definition) is 5. The molecule has 0 aromatic heterocycles. The predicted octanol–water partition coefficient (Wildman–Crippen LogP) is 4.23. The molecule has 6 nitrogen and oxygen atoms in total. The van der Waals surface area contributed by atoms with Crippen molar-refractivity contribution in [3.63, 3.8) is 0 Å². The van der Waals surface area contributed by atoms with Crippen LogP contribution in [0.5, 0.6) is 0 Å². The van der Waals surface area contributed by atoms with Crippen molar-refractivity contribution >= 4 is 99.0 Å². The molecule has 1 N–H and O–H groups in total. The van der Waals surface area contributed by atoms with Crippen LogP contribution in [0.4, 0.5) is 5.69 Å². The first-order chi connectivity index (χ1) is 10.6. The van der Waals surface area contributed by atoms with Crippen molar-refractivity contribution in [1.82, 2.24) is 0 Å². The first-order valence-electron chi connectivity index (χ1n) is 5.61. The fourth-order valence-corrected chi connectivity index (χ4v) is 5.20. The molecular weight excluding hydrogens is 549 g/mol. The van der Waals surface area contributed by atoms with Gasteiger partial charge in [-0.2, -0.15) is 0 Å². The number of esters is 1. The zero-order valence-electron chi connectivity index (χ0n) is 11.1. The van der Waals surface area contributed by atoms with Gasteiger partial charge in [0, 0.05) is 11.4 Å². The summed E-state index contributed by atoms with van der Waals surface area (Å²) in [4.78, 5) is 45.7. The second kappa shape index (κ2) is 8.57. The van der Waals surface area contributed by atoms with Crippen molar-refractivity contribution in [2.45, 2.75) is 6.92 Å². The second-order valence-corrected chi connectivity index (χ2v) is 7.01. The predicted molar refractivity (Wildman–Crippen MR) is 95.2 cm³/mol. The monoisotopic (exact) mass is 551 g/mol. The molecule has 0 unspecified atom stereocenters. The molecule has 0 spiro atoms. The Morgan fingerprint density at radius 2 is 1.39 bits per heavy atom. The van der Waals surface area contributed by atoms with Gasteiger partial charge in [-0.05, 0) is 71.0 Å². The van der Waals surface area contributed by atoms with E-state index in [1.807, 2.05) is 0 Å². The van der Waals surface area contributed by atoms with E-state index >= 15 is 0 Å². The normalized spacial score (nSPS) is 10.2. The Morgan fingerprint density at radius 3 is 1.74 bits per heavy atom. The van der Waals surface area contributed by atoms with Gasteiger partial charge in [-0.25, -0.2) is 0 Å². The van der Waals surface area contributed by atoms with Crippen LogP contribution >= 0.6 is 71.0 Å². The minimum atomic E-state index is -0.883. The smallest absolute Gasteiger partial charge is 0.303 e. The number of benzene rings is 1. The lowest BCUT2D eigenvalue weighted by molar-refractivity contribution is -0.144. The molecule has 11 heteroatoms. The number of hydrogen-bond donors (Lipinski definition) is 1. The maximum Gasteiger partial charge on any atom is 0.303 e. The molecule has 0 aliphatic carbocycles. The summed E-state index contributed by atoms with van der Waals surface area (Å²) in [5, 5.41) is 0.632. The van der Waals surface area contributed by atoms with Gasteiger partial charge in [0.05, 0.1) is 25.8 Å². The van der Waals surface area contributed by atoms with Crippen molar-refractivity contribution in [2.75, 3.05) is 11.9 Å². The third kappa shape index (κ3) is 4.99. The molecule has 1 amide bonds. The lowest BCUT2D eigenvalue weighted by Gasteiger charge is -2.16. The van der Waals surface area contributed by atoms with E-state index in [4.69, 9.17) is 23.2 Å². The molecule has 0 heterocycles. The van der Waals surface area contributed by atoms with E-state index in [0.717, 1.165) is 6.92 Å². The molecule has 0 saturated heterocycles. The Balaban J connectivity index is 3.42. The average molecular weight is 555 g/mol. The van der Waals surface area contributed by atoms with E-state index in [-0.39, 0.29) is 30.2 Å². The molecule has 0 fully saturated rings. The Morgan fingerprint density at radius 1 is 0.957 bits per heavy atom. The summed E-state index contributed by atoms with van der Waals surface area (Å²) >= 11 is 20.4. The number of carbonyl (C=O) groups is 4. The number of ether oxygens (including phenoxy) is 1. The van der Waals surface area contributed by atoms with Crippen molar-refractivity contribution < 1.29 is 23.9 Å². The molecule has 23 heavy (non-hydrogen) atoms. The van der Waals surface area contributed by atoms with Crippen LogP contribution in [0.1, 0.15) is 27.6 Å². The van der Waals surface area contributed by atoms with Crippen LogP contribution < -0.4 is 5.32 Å². The molecule has 1 aromatic carbocycles. The van der Waals surface area contributed by atoms with E-state index in [0.29, 0.717) is 0 Å². The van der Waals surface area contributed by atoms with Crippen molar-refractivity contribution in [1.29, 1.82) is 0 Å². The van der Waals surface area contributed by atoms with Crippen LogP contribution in [0.25, 0.3) is 0 Å². The minimum Gasteiger partial charge on any atom is -0.456 e. The van der Waals surface area contributed by atoms with Gasteiger partial charge in [0.25, 0.3) is 16.4 Å².